The lowest BCUT2D eigenvalue weighted by Gasteiger charge is -2.27. The summed E-state index contributed by atoms with van der Waals surface area (Å²) in [5.74, 6) is 0. The van der Waals surface area contributed by atoms with Crippen LogP contribution in [-0.4, -0.2) is 4.57 Å². The minimum Gasteiger partial charge on any atom is -0.310 e. The van der Waals surface area contributed by atoms with Crippen molar-refractivity contribution in [2.24, 2.45) is 0 Å². The molecule has 4 nitrogen and oxygen atoms in total. The van der Waals surface area contributed by atoms with Gasteiger partial charge in [0.1, 0.15) is 0 Å². The Bertz CT molecular complexity index is 3270. The number of hydrogen-bond donors (Lipinski definition) is 0. The summed E-state index contributed by atoms with van der Waals surface area (Å²) in [6.07, 6.45) is 0. The highest BCUT2D eigenvalue weighted by Crippen LogP contribution is 2.44. The minimum atomic E-state index is 1.08. The van der Waals surface area contributed by atoms with Gasteiger partial charge in [-0.15, -0.1) is 0 Å². The Morgan fingerprint density at radius 3 is 1.11 bits per heavy atom. The summed E-state index contributed by atoms with van der Waals surface area (Å²) in [4.78, 5) is 7.07. The fraction of sp³-hybridized carbons (Fsp3) is 0.0333. The van der Waals surface area contributed by atoms with Crippen molar-refractivity contribution in [3.05, 3.63) is 254 Å². The van der Waals surface area contributed by atoms with Crippen molar-refractivity contribution in [2.45, 2.75) is 13.8 Å². The number of nitrogens with zero attached hydrogens (tertiary/aromatic N) is 4. The second-order valence-corrected chi connectivity index (χ2v) is 16.5. The molecule has 0 saturated heterocycles. The first-order valence-electron chi connectivity index (χ1n) is 21.9. The topological polar surface area (TPSA) is 14.7 Å². The molecule has 1 aromatic heterocycles. The van der Waals surface area contributed by atoms with Crippen molar-refractivity contribution in [1.82, 2.24) is 4.57 Å². The Morgan fingerprint density at radius 1 is 0.266 bits per heavy atom. The van der Waals surface area contributed by atoms with Gasteiger partial charge in [-0.1, -0.05) is 121 Å². The van der Waals surface area contributed by atoms with Gasteiger partial charge in [-0.25, -0.2) is 0 Å². The summed E-state index contributed by atoms with van der Waals surface area (Å²) < 4.78 is 2.45. The Hall–Kier alpha value is -8.34. The van der Waals surface area contributed by atoms with Crippen LogP contribution in [0.25, 0.3) is 38.3 Å². The average molecular weight is 823 g/mol. The fourth-order valence-electron chi connectivity index (χ4n) is 9.23. The van der Waals surface area contributed by atoms with Gasteiger partial charge in [0.05, 0.1) is 11.0 Å². The van der Waals surface area contributed by atoms with Crippen molar-refractivity contribution < 1.29 is 0 Å². The third kappa shape index (κ3) is 7.21. The molecule has 0 fully saturated rings. The lowest BCUT2D eigenvalue weighted by molar-refractivity contribution is 1.17. The molecule has 11 aromatic rings. The van der Waals surface area contributed by atoms with Gasteiger partial charge in [0, 0.05) is 67.6 Å². The van der Waals surface area contributed by atoms with Crippen LogP contribution in [0.2, 0.25) is 0 Å². The predicted molar refractivity (Wildman–Crippen MR) is 272 cm³/mol. The van der Waals surface area contributed by atoms with E-state index >= 15 is 0 Å². The number of benzene rings is 10. The minimum absolute atomic E-state index is 1.08. The summed E-state index contributed by atoms with van der Waals surface area (Å²) in [5.41, 5.74) is 15.7. The quantitative estimate of drug-likeness (QED) is 0.137. The molecule has 0 unspecified atom stereocenters. The first-order valence-corrected chi connectivity index (χ1v) is 21.9. The molecule has 0 aliphatic rings. The van der Waals surface area contributed by atoms with Crippen LogP contribution in [0.15, 0.2) is 243 Å². The smallest absolute Gasteiger partial charge is 0.0561 e. The maximum atomic E-state index is 2.45. The van der Waals surface area contributed by atoms with E-state index in [2.05, 4.69) is 276 Å². The van der Waals surface area contributed by atoms with Gasteiger partial charge in [-0.2, -0.15) is 0 Å². The van der Waals surface area contributed by atoms with E-state index in [1.165, 1.54) is 32.7 Å². The molecule has 10 aromatic carbocycles. The second kappa shape index (κ2) is 16.5. The van der Waals surface area contributed by atoms with E-state index in [1.54, 1.807) is 0 Å². The molecule has 4 heteroatoms. The van der Waals surface area contributed by atoms with Crippen LogP contribution in [0.4, 0.5) is 51.2 Å². The van der Waals surface area contributed by atoms with Gasteiger partial charge in [-0.3, -0.25) is 0 Å². The monoisotopic (exact) mass is 822 g/mol. The Labute approximate surface area is 374 Å². The van der Waals surface area contributed by atoms with Crippen LogP contribution < -0.4 is 14.7 Å². The Kier molecular flexibility index (Phi) is 9.95. The van der Waals surface area contributed by atoms with Crippen molar-refractivity contribution in [1.29, 1.82) is 0 Å². The van der Waals surface area contributed by atoms with E-state index in [1.807, 2.05) is 0 Å². The lowest BCUT2D eigenvalue weighted by atomic mass is 10.1. The van der Waals surface area contributed by atoms with Crippen LogP contribution >= 0.6 is 0 Å². The molecule has 306 valence electrons. The highest BCUT2D eigenvalue weighted by molar-refractivity contribution is 6.11. The van der Waals surface area contributed by atoms with Crippen LogP contribution in [0, 0.1) is 13.8 Å². The number of rotatable bonds is 10. The third-order valence-electron chi connectivity index (χ3n) is 12.2. The zero-order chi connectivity index (χ0) is 43.0. The maximum Gasteiger partial charge on any atom is 0.0561 e. The highest BCUT2D eigenvalue weighted by Gasteiger charge is 2.21. The van der Waals surface area contributed by atoms with Crippen molar-refractivity contribution in [3.63, 3.8) is 0 Å². The van der Waals surface area contributed by atoms with Gasteiger partial charge in [-0.05, 0) is 157 Å². The first-order chi connectivity index (χ1) is 31.6. The van der Waals surface area contributed by atoms with Gasteiger partial charge < -0.3 is 19.3 Å². The zero-order valence-electron chi connectivity index (χ0n) is 35.9. The van der Waals surface area contributed by atoms with Gasteiger partial charge in [0.2, 0.25) is 0 Å². The van der Waals surface area contributed by atoms with E-state index in [0.717, 1.165) is 67.9 Å². The normalized spacial score (nSPS) is 11.3. The number of para-hydroxylation sites is 3. The van der Waals surface area contributed by atoms with E-state index < -0.39 is 0 Å². The fourth-order valence-corrected chi connectivity index (χ4v) is 9.23. The van der Waals surface area contributed by atoms with Crippen molar-refractivity contribution in [3.8, 4) is 5.69 Å². The van der Waals surface area contributed by atoms with E-state index in [9.17, 15) is 0 Å². The first kappa shape index (κ1) is 38.6. The molecule has 64 heavy (non-hydrogen) atoms. The second-order valence-electron chi connectivity index (χ2n) is 16.5. The SMILES string of the molecule is Cc1cccc(N(c2ccccc2)c2ccc3c4ccc(N(c5ccccc5)c5cccc(C)c5)cc4n(-c4ccc(N(c5ccccc5)c5ccc6ccccc6c5)cc4)c3c2)c1. The molecular formula is C60H46N4. The Balaban J connectivity index is 1.13. The van der Waals surface area contributed by atoms with E-state index in [0.29, 0.717) is 0 Å². The largest absolute Gasteiger partial charge is 0.310 e. The van der Waals surface area contributed by atoms with Gasteiger partial charge >= 0.3 is 0 Å². The lowest BCUT2D eigenvalue weighted by Crippen LogP contribution is -2.11. The maximum absolute atomic E-state index is 2.45. The molecule has 11 rings (SSSR count). The summed E-state index contributed by atoms with van der Waals surface area (Å²) in [6, 6.07) is 87.7. The molecule has 1 heterocycles. The van der Waals surface area contributed by atoms with E-state index in [-0.39, 0.29) is 0 Å². The summed E-state index contributed by atoms with van der Waals surface area (Å²) in [7, 11) is 0. The summed E-state index contributed by atoms with van der Waals surface area (Å²) in [6.45, 7) is 4.31. The van der Waals surface area contributed by atoms with Crippen LogP contribution in [-0.2, 0) is 0 Å². The molecule has 0 amide bonds. The zero-order valence-corrected chi connectivity index (χ0v) is 35.9. The number of fused-ring (bicyclic) bond motifs is 4. The third-order valence-corrected chi connectivity index (χ3v) is 12.2. The number of aryl methyl sites for hydroxylation is 2. The number of aromatic nitrogens is 1. The molecule has 0 aliphatic carbocycles. The van der Waals surface area contributed by atoms with Crippen LogP contribution in [0.5, 0.6) is 0 Å². The van der Waals surface area contributed by atoms with Gasteiger partial charge in [0.25, 0.3) is 0 Å². The van der Waals surface area contributed by atoms with Crippen molar-refractivity contribution >= 4 is 83.8 Å². The summed E-state index contributed by atoms with van der Waals surface area (Å²) >= 11 is 0. The van der Waals surface area contributed by atoms with Crippen LogP contribution in [0.1, 0.15) is 11.1 Å². The standard InChI is InChI=1S/C60H46N4/c1-43-16-14-26-52(38-43)62(48-22-8-4-9-23-48)55-34-36-57-58-37-35-56(63(49-24-10-5-11-25-49)53-27-15-17-44(2)39-53)42-60(58)64(59(57)41-55)51-32-30-50(31-33-51)61(47-20-6-3-7-21-47)54-29-28-45-18-12-13-19-46(45)40-54/h3-42H,1-2H3. The Morgan fingerprint density at radius 2 is 0.625 bits per heavy atom. The summed E-state index contributed by atoms with van der Waals surface area (Å²) in [5, 5.41) is 4.81. The molecule has 0 radical (unpaired) electrons. The van der Waals surface area contributed by atoms with Gasteiger partial charge in [0.15, 0.2) is 0 Å². The molecule has 0 bridgehead atoms. The molecular weight excluding hydrogens is 777 g/mol. The number of hydrogen-bond acceptors (Lipinski definition) is 3. The average Bonchev–Trinajstić information content (AvgIpc) is 3.66. The molecule has 0 N–H and O–H groups in total. The van der Waals surface area contributed by atoms with E-state index in [4.69, 9.17) is 0 Å². The molecule has 0 saturated carbocycles. The molecule has 0 atom stereocenters. The van der Waals surface area contributed by atoms with Crippen LogP contribution in [0.3, 0.4) is 0 Å². The molecule has 0 aliphatic heterocycles. The highest BCUT2D eigenvalue weighted by atomic mass is 15.2. The van der Waals surface area contributed by atoms with Crippen molar-refractivity contribution in [2.75, 3.05) is 14.7 Å². The number of anilines is 9. The predicted octanol–water partition coefficient (Wildman–Crippen LogP) is 17.0. The molecule has 0 spiro atoms.